The quantitative estimate of drug-likeness (QED) is 0.431. The smallest absolute Gasteiger partial charge is 0.413 e. The lowest BCUT2D eigenvalue weighted by Gasteiger charge is -2.11. The van der Waals surface area contributed by atoms with E-state index in [1.54, 1.807) is 0 Å². The maximum Gasteiger partial charge on any atom is 0.413 e. The summed E-state index contributed by atoms with van der Waals surface area (Å²) in [6.45, 7) is 1.84. The van der Waals surface area contributed by atoms with E-state index in [0.29, 0.717) is 5.75 Å². The monoisotopic (exact) mass is 286 g/mol. The van der Waals surface area contributed by atoms with Crippen molar-refractivity contribution in [1.29, 1.82) is 0 Å². The van der Waals surface area contributed by atoms with Gasteiger partial charge in [-0.25, -0.2) is 9.18 Å². The number of thioether (sulfide) groups is 1. The molecule has 0 aromatic rings. The first-order valence-corrected chi connectivity index (χ1v) is 6.28. The van der Waals surface area contributed by atoms with Crippen molar-refractivity contribution >= 4 is 17.7 Å². The van der Waals surface area contributed by atoms with Gasteiger partial charge in [0.1, 0.15) is 0 Å². The Hall–Kier alpha value is -0.980. The van der Waals surface area contributed by atoms with E-state index in [0.717, 1.165) is 23.6 Å². The van der Waals surface area contributed by atoms with Gasteiger partial charge in [0.2, 0.25) is 0 Å². The minimum Gasteiger partial charge on any atom is -0.478 e. The Kier molecular flexibility index (Phi) is 7.73. The van der Waals surface area contributed by atoms with Crippen molar-refractivity contribution < 1.29 is 27.5 Å². The Morgan fingerprint density at radius 2 is 1.94 bits per heavy atom. The van der Waals surface area contributed by atoms with Gasteiger partial charge in [-0.15, -0.1) is 11.8 Å². The Balaban J connectivity index is 4.62. The van der Waals surface area contributed by atoms with Crippen LogP contribution in [0.25, 0.3) is 0 Å². The van der Waals surface area contributed by atoms with Gasteiger partial charge in [-0.2, -0.15) is 13.2 Å². The molecule has 0 radical (unpaired) electrons. The molecule has 18 heavy (non-hydrogen) atoms. The molecule has 0 aromatic heterocycles. The van der Waals surface area contributed by atoms with Gasteiger partial charge < -0.3 is 5.11 Å². The Bertz CT molecular complexity index is 334. The van der Waals surface area contributed by atoms with Crippen molar-refractivity contribution in [3.63, 3.8) is 0 Å². The normalized spacial score (nSPS) is 13.8. The number of aliphatic carboxylic acids is 1. The summed E-state index contributed by atoms with van der Waals surface area (Å²) in [6.07, 6.45) is -4.97. The summed E-state index contributed by atoms with van der Waals surface area (Å²) in [4.78, 5) is 10.4. The minimum absolute atomic E-state index is 0.171. The van der Waals surface area contributed by atoms with Gasteiger partial charge in [0.25, 0.3) is 0 Å². The highest BCUT2D eigenvalue weighted by Gasteiger charge is 2.33. The average Bonchev–Trinajstić information content (AvgIpc) is 2.25. The summed E-state index contributed by atoms with van der Waals surface area (Å²) in [5.41, 5.74) is -1.49. The molecule has 104 valence electrons. The summed E-state index contributed by atoms with van der Waals surface area (Å²) in [5, 5.41) is 9.46. The van der Waals surface area contributed by atoms with Gasteiger partial charge in [-0.3, -0.25) is 0 Å². The number of carboxylic acid groups (broad SMARTS) is 1. The van der Waals surface area contributed by atoms with Gasteiger partial charge in [0, 0.05) is 5.57 Å². The van der Waals surface area contributed by atoms with Crippen LogP contribution in [0.15, 0.2) is 22.9 Å². The highest BCUT2D eigenvalue weighted by atomic mass is 32.2. The molecular formula is C11H14F4O2S. The van der Waals surface area contributed by atoms with Gasteiger partial charge >= 0.3 is 12.1 Å². The predicted octanol–water partition coefficient (Wildman–Crippen LogP) is 4.29. The predicted molar refractivity (Wildman–Crippen MR) is 62.9 cm³/mol. The van der Waals surface area contributed by atoms with E-state index >= 15 is 0 Å². The van der Waals surface area contributed by atoms with Crippen molar-refractivity contribution in [2.45, 2.75) is 32.4 Å². The molecule has 7 heteroatoms. The van der Waals surface area contributed by atoms with Crippen LogP contribution in [0.1, 0.15) is 26.2 Å². The Morgan fingerprint density at radius 3 is 2.33 bits per heavy atom. The van der Waals surface area contributed by atoms with Crippen LogP contribution < -0.4 is 0 Å². The van der Waals surface area contributed by atoms with E-state index in [2.05, 4.69) is 0 Å². The molecule has 0 aliphatic heterocycles. The van der Waals surface area contributed by atoms with Crippen LogP contribution in [-0.4, -0.2) is 23.0 Å². The van der Waals surface area contributed by atoms with Crippen molar-refractivity contribution in [3.05, 3.63) is 22.9 Å². The van der Waals surface area contributed by atoms with Crippen LogP contribution >= 0.6 is 11.8 Å². The summed E-state index contributed by atoms with van der Waals surface area (Å²) in [6, 6.07) is 0. The molecular weight excluding hydrogens is 272 g/mol. The van der Waals surface area contributed by atoms with E-state index in [-0.39, 0.29) is 6.33 Å². The fourth-order valence-electron chi connectivity index (χ4n) is 1.02. The van der Waals surface area contributed by atoms with Crippen LogP contribution in [0.2, 0.25) is 0 Å². The molecule has 0 unspecified atom stereocenters. The molecule has 0 heterocycles. The number of hydrogen-bond acceptors (Lipinski definition) is 2. The molecule has 0 aliphatic rings. The lowest BCUT2D eigenvalue weighted by Crippen LogP contribution is -2.13. The lowest BCUT2D eigenvalue weighted by atomic mass is 10.1. The molecule has 0 atom stereocenters. The summed E-state index contributed by atoms with van der Waals surface area (Å²) in [5.74, 6) is -0.995. The third-order valence-electron chi connectivity index (χ3n) is 1.98. The van der Waals surface area contributed by atoms with Crippen LogP contribution in [-0.2, 0) is 4.79 Å². The standard InChI is InChI=1S/C11H14F4O2S/c1-2-5-18-7-9(11(13,14)15)4-3-8(6-12)10(16)17/h6-7H,2-5H2,1H3,(H,16,17)/b8-6-,9-7-. The van der Waals surface area contributed by atoms with E-state index < -0.39 is 36.1 Å². The number of rotatable bonds is 7. The van der Waals surface area contributed by atoms with Crippen molar-refractivity contribution in [2.75, 3.05) is 5.75 Å². The van der Waals surface area contributed by atoms with E-state index in [1.807, 2.05) is 6.92 Å². The van der Waals surface area contributed by atoms with Crippen LogP contribution in [0.4, 0.5) is 17.6 Å². The van der Waals surface area contributed by atoms with Crippen molar-refractivity contribution in [2.24, 2.45) is 0 Å². The zero-order valence-electron chi connectivity index (χ0n) is 9.76. The van der Waals surface area contributed by atoms with Crippen molar-refractivity contribution in [1.82, 2.24) is 0 Å². The Morgan fingerprint density at radius 1 is 1.33 bits per heavy atom. The maximum absolute atomic E-state index is 12.6. The Labute approximate surface area is 107 Å². The first-order valence-electron chi connectivity index (χ1n) is 5.23. The molecule has 1 N–H and O–H groups in total. The molecule has 0 saturated carbocycles. The topological polar surface area (TPSA) is 37.3 Å². The number of allylic oxidation sites excluding steroid dienone is 1. The van der Waals surface area contributed by atoms with E-state index in [1.165, 1.54) is 0 Å². The number of carboxylic acids is 1. The highest BCUT2D eigenvalue weighted by molar-refractivity contribution is 8.02. The molecule has 0 aliphatic carbocycles. The molecule has 0 rings (SSSR count). The van der Waals surface area contributed by atoms with E-state index in [4.69, 9.17) is 5.11 Å². The molecule has 0 aromatic carbocycles. The summed E-state index contributed by atoms with van der Waals surface area (Å²) in [7, 11) is 0. The minimum atomic E-state index is -4.51. The first kappa shape index (κ1) is 17.0. The number of carbonyl (C=O) groups is 1. The molecule has 0 fully saturated rings. The van der Waals surface area contributed by atoms with Crippen LogP contribution in [0, 0.1) is 0 Å². The molecule has 0 saturated heterocycles. The molecule has 0 bridgehead atoms. The fourth-order valence-corrected chi connectivity index (χ4v) is 1.83. The fraction of sp³-hybridized carbons (Fsp3) is 0.545. The molecule has 0 spiro atoms. The molecule has 2 nitrogen and oxygen atoms in total. The van der Waals surface area contributed by atoms with Gasteiger partial charge in [0.05, 0.1) is 11.9 Å². The highest BCUT2D eigenvalue weighted by Crippen LogP contribution is 2.32. The largest absolute Gasteiger partial charge is 0.478 e. The van der Waals surface area contributed by atoms with Gasteiger partial charge in [-0.05, 0) is 30.4 Å². The second-order valence-corrected chi connectivity index (χ2v) is 4.43. The van der Waals surface area contributed by atoms with Crippen LogP contribution in [0.3, 0.4) is 0 Å². The SMILES string of the molecule is CCCS/C=C(/CC/C(=C/F)C(=O)O)C(F)(F)F. The second kappa shape index (κ2) is 8.18. The van der Waals surface area contributed by atoms with Crippen molar-refractivity contribution in [3.8, 4) is 0 Å². The third-order valence-corrected chi connectivity index (χ3v) is 3.08. The number of hydrogen-bond donors (Lipinski definition) is 1. The summed E-state index contributed by atoms with van der Waals surface area (Å²) < 4.78 is 49.8. The summed E-state index contributed by atoms with van der Waals surface area (Å²) >= 11 is 1.01. The zero-order chi connectivity index (χ0) is 14.2. The lowest BCUT2D eigenvalue weighted by molar-refractivity contribution is -0.133. The molecule has 0 amide bonds. The second-order valence-electron chi connectivity index (χ2n) is 3.45. The van der Waals surface area contributed by atoms with E-state index in [9.17, 15) is 22.4 Å². The average molecular weight is 286 g/mol. The zero-order valence-corrected chi connectivity index (χ0v) is 10.6. The number of halogens is 4. The third kappa shape index (κ3) is 6.68. The van der Waals surface area contributed by atoms with Gasteiger partial charge in [0.15, 0.2) is 0 Å². The number of alkyl halides is 3. The first-order chi connectivity index (χ1) is 8.32. The maximum atomic E-state index is 12.6. The van der Waals surface area contributed by atoms with Gasteiger partial charge in [-0.1, -0.05) is 6.92 Å². The van der Waals surface area contributed by atoms with Crippen LogP contribution in [0.5, 0.6) is 0 Å².